The van der Waals surface area contributed by atoms with Crippen molar-refractivity contribution in [3.63, 3.8) is 0 Å². The minimum Gasteiger partial charge on any atom is -0.396 e. The zero-order valence-electron chi connectivity index (χ0n) is 11.6. The number of sulfone groups is 1. The molecule has 0 aromatic heterocycles. The first-order valence-electron chi connectivity index (χ1n) is 6.26. The van der Waals surface area contributed by atoms with Crippen molar-refractivity contribution in [2.45, 2.75) is 37.9 Å². The van der Waals surface area contributed by atoms with Crippen LogP contribution < -0.4 is 0 Å². The molecular formula is C14H21ClO3S. The molecule has 5 heteroatoms. The Bertz CT molecular complexity index is 518. The first-order chi connectivity index (χ1) is 8.67. The molecule has 1 rings (SSSR count). The third-order valence-corrected chi connectivity index (χ3v) is 6.08. The highest BCUT2D eigenvalue weighted by Gasteiger charge is 2.29. The molecule has 1 aromatic carbocycles. The molecule has 0 saturated heterocycles. The van der Waals surface area contributed by atoms with Crippen molar-refractivity contribution in [3.05, 3.63) is 34.9 Å². The fourth-order valence-corrected chi connectivity index (χ4v) is 3.13. The van der Waals surface area contributed by atoms with Crippen LogP contribution in [0.5, 0.6) is 0 Å². The van der Waals surface area contributed by atoms with Crippen LogP contribution in [0, 0.1) is 0 Å². The van der Waals surface area contributed by atoms with Crippen molar-refractivity contribution in [1.82, 2.24) is 0 Å². The molecule has 1 atom stereocenters. The van der Waals surface area contributed by atoms with Crippen LogP contribution in [-0.4, -0.2) is 30.6 Å². The van der Waals surface area contributed by atoms with Gasteiger partial charge in [-0.25, -0.2) is 8.42 Å². The van der Waals surface area contributed by atoms with Gasteiger partial charge in [0, 0.05) is 17.5 Å². The van der Waals surface area contributed by atoms with E-state index < -0.39 is 14.6 Å². The van der Waals surface area contributed by atoms with Gasteiger partial charge in [0.1, 0.15) is 0 Å². The average molecular weight is 305 g/mol. The Morgan fingerprint density at radius 2 is 1.95 bits per heavy atom. The monoisotopic (exact) mass is 304 g/mol. The molecule has 19 heavy (non-hydrogen) atoms. The Balaban J connectivity index is 2.80. The van der Waals surface area contributed by atoms with E-state index in [0.717, 1.165) is 5.56 Å². The number of rotatable bonds is 5. The largest absolute Gasteiger partial charge is 0.396 e. The topological polar surface area (TPSA) is 54.4 Å². The summed E-state index contributed by atoms with van der Waals surface area (Å²) in [4.78, 5) is 0. The summed E-state index contributed by atoms with van der Waals surface area (Å²) in [5.41, 5.74) is 0.874. The Morgan fingerprint density at radius 1 is 1.32 bits per heavy atom. The van der Waals surface area contributed by atoms with Gasteiger partial charge in [0.15, 0.2) is 9.84 Å². The summed E-state index contributed by atoms with van der Waals surface area (Å²) in [5, 5.41) is 10.0. The van der Waals surface area contributed by atoms with Crippen LogP contribution in [-0.2, 0) is 9.84 Å². The molecule has 0 bridgehead atoms. The maximum Gasteiger partial charge on any atom is 0.155 e. The van der Waals surface area contributed by atoms with Crippen molar-refractivity contribution in [1.29, 1.82) is 0 Å². The molecule has 0 aliphatic rings. The predicted molar refractivity (Wildman–Crippen MR) is 79.4 cm³/mol. The second kappa shape index (κ2) is 6.25. The molecule has 0 radical (unpaired) electrons. The third-order valence-electron chi connectivity index (χ3n) is 3.21. The summed E-state index contributed by atoms with van der Waals surface area (Å²) in [5.74, 6) is -0.135. The number of hydrogen-bond donors (Lipinski definition) is 1. The van der Waals surface area contributed by atoms with Gasteiger partial charge in [0.2, 0.25) is 0 Å². The van der Waals surface area contributed by atoms with Crippen LogP contribution in [0.15, 0.2) is 24.3 Å². The maximum atomic E-state index is 12.1. The molecule has 1 aromatic rings. The summed E-state index contributed by atoms with van der Waals surface area (Å²) in [6.07, 6.45) is 0.399. The van der Waals surface area contributed by atoms with Crippen LogP contribution in [0.4, 0.5) is 0 Å². The molecular weight excluding hydrogens is 284 g/mol. The Morgan fingerprint density at radius 3 is 2.42 bits per heavy atom. The zero-order valence-corrected chi connectivity index (χ0v) is 13.1. The Labute approximate surface area is 120 Å². The number of aliphatic hydroxyl groups excluding tert-OH is 1. The lowest BCUT2D eigenvalue weighted by molar-refractivity contribution is 0.262. The molecule has 0 fully saturated rings. The fourth-order valence-electron chi connectivity index (χ4n) is 1.73. The summed E-state index contributed by atoms with van der Waals surface area (Å²) < 4.78 is 23.4. The van der Waals surface area contributed by atoms with Gasteiger partial charge in [-0.3, -0.25) is 0 Å². The normalized spacial score (nSPS) is 14.4. The van der Waals surface area contributed by atoms with Gasteiger partial charge in [-0.05, 0) is 44.9 Å². The van der Waals surface area contributed by atoms with Crippen molar-refractivity contribution < 1.29 is 13.5 Å². The maximum absolute atomic E-state index is 12.1. The van der Waals surface area contributed by atoms with Crippen molar-refractivity contribution in [2.75, 3.05) is 12.4 Å². The molecule has 1 unspecified atom stereocenters. The van der Waals surface area contributed by atoms with Crippen LogP contribution >= 0.6 is 11.6 Å². The molecule has 108 valence electrons. The summed E-state index contributed by atoms with van der Waals surface area (Å²) in [6, 6.07) is 7.19. The van der Waals surface area contributed by atoms with E-state index in [1.54, 1.807) is 39.0 Å². The van der Waals surface area contributed by atoms with E-state index in [0.29, 0.717) is 11.4 Å². The van der Waals surface area contributed by atoms with Crippen LogP contribution in [0.2, 0.25) is 5.02 Å². The second-order valence-corrected chi connectivity index (χ2v) is 8.95. The fraction of sp³-hybridized carbons (Fsp3) is 0.571. The highest BCUT2D eigenvalue weighted by molar-refractivity contribution is 7.92. The quantitative estimate of drug-likeness (QED) is 0.909. The Hall–Kier alpha value is -0.580. The van der Waals surface area contributed by atoms with E-state index in [-0.39, 0.29) is 18.3 Å². The summed E-state index contributed by atoms with van der Waals surface area (Å²) >= 11 is 5.91. The van der Waals surface area contributed by atoms with Crippen molar-refractivity contribution in [2.24, 2.45) is 0 Å². The molecule has 0 heterocycles. The molecule has 0 aliphatic carbocycles. The van der Waals surface area contributed by atoms with E-state index in [2.05, 4.69) is 0 Å². The van der Waals surface area contributed by atoms with E-state index in [1.165, 1.54) is 0 Å². The van der Waals surface area contributed by atoms with E-state index >= 15 is 0 Å². The zero-order chi connectivity index (χ0) is 14.7. The molecule has 0 saturated carbocycles. The van der Waals surface area contributed by atoms with Crippen LogP contribution in [0.25, 0.3) is 0 Å². The first kappa shape index (κ1) is 16.5. The second-order valence-electron chi connectivity index (χ2n) is 5.65. The number of aliphatic hydroxyl groups is 1. The standard InChI is InChI=1S/C14H21ClO3S/c1-14(2,3)19(17,18)8-7-12(10-16)11-5-4-6-13(15)9-11/h4-6,9,12,16H,7-8,10H2,1-3H3. The summed E-state index contributed by atoms with van der Waals surface area (Å²) in [6.45, 7) is 4.99. The highest BCUT2D eigenvalue weighted by atomic mass is 35.5. The molecule has 3 nitrogen and oxygen atoms in total. The van der Waals surface area contributed by atoms with Gasteiger partial charge in [-0.1, -0.05) is 23.7 Å². The van der Waals surface area contributed by atoms with E-state index in [4.69, 9.17) is 11.6 Å². The van der Waals surface area contributed by atoms with Crippen molar-refractivity contribution >= 4 is 21.4 Å². The van der Waals surface area contributed by atoms with Gasteiger partial charge >= 0.3 is 0 Å². The molecule has 1 N–H and O–H groups in total. The lowest BCUT2D eigenvalue weighted by Crippen LogP contribution is -2.31. The van der Waals surface area contributed by atoms with Gasteiger partial charge < -0.3 is 5.11 Å². The third kappa shape index (κ3) is 4.48. The predicted octanol–water partition coefficient (Wildman–Crippen LogP) is 3.02. The molecule has 0 amide bonds. The summed E-state index contributed by atoms with van der Waals surface area (Å²) in [7, 11) is -3.17. The number of hydrogen-bond acceptors (Lipinski definition) is 3. The highest BCUT2D eigenvalue weighted by Crippen LogP contribution is 2.25. The van der Waals surface area contributed by atoms with Gasteiger partial charge in [0.25, 0.3) is 0 Å². The SMILES string of the molecule is CC(C)(C)S(=O)(=O)CCC(CO)c1cccc(Cl)c1. The lowest BCUT2D eigenvalue weighted by Gasteiger charge is -2.21. The molecule has 0 aliphatic heterocycles. The van der Waals surface area contributed by atoms with Gasteiger partial charge in [-0.15, -0.1) is 0 Å². The minimum absolute atomic E-state index is 0.0637. The number of benzene rings is 1. The molecule has 0 spiro atoms. The average Bonchev–Trinajstić information content (AvgIpc) is 2.28. The van der Waals surface area contributed by atoms with Crippen LogP contribution in [0.3, 0.4) is 0 Å². The van der Waals surface area contributed by atoms with Gasteiger partial charge in [0.05, 0.1) is 10.5 Å². The van der Waals surface area contributed by atoms with Crippen LogP contribution in [0.1, 0.15) is 38.7 Å². The smallest absolute Gasteiger partial charge is 0.155 e. The number of halogens is 1. The van der Waals surface area contributed by atoms with Crippen molar-refractivity contribution in [3.8, 4) is 0 Å². The Kier molecular flexibility index (Phi) is 5.42. The minimum atomic E-state index is -3.17. The first-order valence-corrected chi connectivity index (χ1v) is 8.29. The van der Waals surface area contributed by atoms with E-state index in [9.17, 15) is 13.5 Å². The lowest BCUT2D eigenvalue weighted by atomic mass is 9.98. The van der Waals surface area contributed by atoms with Gasteiger partial charge in [-0.2, -0.15) is 0 Å². The van der Waals surface area contributed by atoms with E-state index in [1.807, 2.05) is 6.07 Å².